The summed E-state index contributed by atoms with van der Waals surface area (Å²) >= 11 is 0. The number of rotatable bonds is 5. The zero-order chi connectivity index (χ0) is 12.8. The van der Waals surface area contributed by atoms with Crippen LogP contribution in [0.25, 0.3) is 0 Å². The van der Waals surface area contributed by atoms with Crippen LogP contribution in [0.5, 0.6) is 0 Å². The standard InChI is InChI=1S/C15H17NO2/c1-2-6-14(12-7-4-3-5-8-12)16-15(17)13-9-10-18-11-13/h3-5,7-11,14H,2,6H2,1H3,(H,16,17)/t14-/m1/s1. The number of carbonyl (C=O) groups excluding carboxylic acids is 1. The van der Waals surface area contributed by atoms with Crippen LogP contribution < -0.4 is 5.32 Å². The summed E-state index contributed by atoms with van der Waals surface area (Å²) in [5, 5.41) is 3.04. The van der Waals surface area contributed by atoms with E-state index in [1.165, 1.54) is 12.5 Å². The van der Waals surface area contributed by atoms with Gasteiger partial charge in [0.25, 0.3) is 5.91 Å². The molecule has 1 aromatic carbocycles. The molecule has 18 heavy (non-hydrogen) atoms. The lowest BCUT2D eigenvalue weighted by molar-refractivity contribution is 0.0934. The number of carbonyl (C=O) groups is 1. The van der Waals surface area contributed by atoms with E-state index >= 15 is 0 Å². The van der Waals surface area contributed by atoms with Gasteiger partial charge in [-0.25, -0.2) is 0 Å². The monoisotopic (exact) mass is 243 g/mol. The highest BCUT2D eigenvalue weighted by molar-refractivity contribution is 5.94. The molecule has 0 unspecified atom stereocenters. The van der Waals surface area contributed by atoms with E-state index in [1.54, 1.807) is 6.07 Å². The fourth-order valence-corrected chi connectivity index (χ4v) is 1.93. The Hall–Kier alpha value is -2.03. The van der Waals surface area contributed by atoms with Crippen molar-refractivity contribution in [2.75, 3.05) is 0 Å². The summed E-state index contributed by atoms with van der Waals surface area (Å²) in [4.78, 5) is 12.0. The summed E-state index contributed by atoms with van der Waals surface area (Å²) in [5.41, 5.74) is 1.70. The lowest BCUT2D eigenvalue weighted by atomic mass is 10.0. The molecule has 1 aromatic heterocycles. The molecule has 0 fully saturated rings. The van der Waals surface area contributed by atoms with Gasteiger partial charge in [0.2, 0.25) is 0 Å². The van der Waals surface area contributed by atoms with Crippen LogP contribution in [0.2, 0.25) is 0 Å². The Labute approximate surface area is 107 Å². The minimum absolute atomic E-state index is 0.0543. The average Bonchev–Trinajstić information content (AvgIpc) is 2.93. The predicted octanol–water partition coefficient (Wildman–Crippen LogP) is 3.55. The van der Waals surface area contributed by atoms with Crippen molar-refractivity contribution >= 4 is 5.91 Å². The topological polar surface area (TPSA) is 42.2 Å². The Morgan fingerprint density at radius 1 is 1.28 bits per heavy atom. The van der Waals surface area contributed by atoms with E-state index in [-0.39, 0.29) is 11.9 Å². The third kappa shape index (κ3) is 3.00. The van der Waals surface area contributed by atoms with E-state index in [2.05, 4.69) is 12.2 Å². The van der Waals surface area contributed by atoms with Crippen LogP contribution in [0.4, 0.5) is 0 Å². The van der Waals surface area contributed by atoms with Gasteiger partial charge in [0.15, 0.2) is 0 Å². The van der Waals surface area contributed by atoms with Crippen LogP contribution in [0.3, 0.4) is 0 Å². The first-order valence-electron chi connectivity index (χ1n) is 6.19. The molecule has 0 bridgehead atoms. The van der Waals surface area contributed by atoms with Crippen molar-refractivity contribution in [2.45, 2.75) is 25.8 Å². The minimum atomic E-state index is -0.0916. The number of amides is 1. The molecular weight excluding hydrogens is 226 g/mol. The van der Waals surface area contributed by atoms with Gasteiger partial charge >= 0.3 is 0 Å². The third-order valence-corrected chi connectivity index (χ3v) is 2.87. The fourth-order valence-electron chi connectivity index (χ4n) is 1.93. The molecule has 0 radical (unpaired) electrons. The first-order valence-corrected chi connectivity index (χ1v) is 6.19. The predicted molar refractivity (Wildman–Crippen MR) is 70.3 cm³/mol. The molecule has 94 valence electrons. The van der Waals surface area contributed by atoms with Gasteiger partial charge in [0.05, 0.1) is 17.9 Å². The Balaban J connectivity index is 2.10. The lowest BCUT2D eigenvalue weighted by Gasteiger charge is -2.18. The van der Waals surface area contributed by atoms with Gasteiger partial charge in [-0.1, -0.05) is 43.7 Å². The molecule has 0 saturated heterocycles. The minimum Gasteiger partial charge on any atom is -0.472 e. The van der Waals surface area contributed by atoms with Crippen molar-refractivity contribution in [1.29, 1.82) is 0 Å². The number of hydrogen-bond acceptors (Lipinski definition) is 2. The molecular formula is C15H17NO2. The van der Waals surface area contributed by atoms with Crippen molar-refractivity contribution in [3.05, 3.63) is 60.1 Å². The molecule has 0 aliphatic carbocycles. The smallest absolute Gasteiger partial charge is 0.255 e. The summed E-state index contributed by atoms with van der Waals surface area (Å²) < 4.78 is 4.92. The molecule has 1 N–H and O–H groups in total. The molecule has 0 aliphatic rings. The Morgan fingerprint density at radius 2 is 2.06 bits per heavy atom. The van der Waals surface area contributed by atoms with Crippen LogP contribution >= 0.6 is 0 Å². The maximum Gasteiger partial charge on any atom is 0.255 e. The van der Waals surface area contributed by atoms with Crippen LogP contribution in [-0.2, 0) is 0 Å². The molecule has 1 heterocycles. The number of furan rings is 1. The zero-order valence-corrected chi connectivity index (χ0v) is 10.4. The highest BCUT2D eigenvalue weighted by atomic mass is 16.3. The van der Waals surface area contributed by atoms with Gasteiger partial charge in [-0.15, -0.1) is 0 Å². The molecule has 3 heteroatoms. The highest BCUT2D eigenvalue weighted by Gasteiger charge is 2.15. The molecule has 0 spiro atoms. The maximum absolute atomic E-state index is 12.0. The second-order valence-corrected chi connectivity index (χ2v) is 4.24. The average molecular weight is 243 g/mol. The first kappa shape index (κ1) is 12.4. The molecule has 1 atom stereocenters. The fraction of sp³-hybridized carbons (Fsp3) is 0.267. The van der Waals surface area contributed by atoms with Gasteiger partial charge in [-0.3, -0.25) is 4.79 Å². The van der Waals surface area contributed by atoms with Crippen LogP contribution in [0.15, 0.2) is 53.3 Å². The number of benzene rings is 1. The van der Waals surface area contributed by atoms with Crippen molar-refractivity contribution < 1.29 is 9.21 Å². The van der Waals surface area contributed by atoms with E-state index in [1.807, 2.05) is 30.3 Å². The first-order chi connectivity index (χ1) is 8.81. The van der Waals surface area contributed by atoms with E-state index < -0.39 is 0 Å². The molecule has 0 aliphatic heterocycles. The van der Waals surface area contributed by atoms with E-state index in [9.17, 15) is 4.79 Å². The molecule has 2 rings (SSSR count). The van der Waals surface area contributed by atoms with E-state index in [0.717, 1.165) is 18.4 Å². The summed E-state index contributed by atoms with van der Waals surface area (Å²) in [7, 11) is 0. The van der Waals surface area contributed by atoms with Crippen molar-refractivity contribution in [3.63, 3.8) is 0 Å². The third-order valence-electron chi connectivity index (χ3n) is 2.87. The van der Waals surface area contributed by atoms with Gasteiger partial charge in [-0.2, -0.15) is 0 Å². The quantitative estimate of drug-likeness (QED) is 0.872. The largest absolute Gasteiger partial charge is 0.472 e. The summed E-state index contributed by atoms with van der Waals surface area (Å²) in [5.74, 6) is -0.0916. The second kappa shape index (κ2) is 6.05. The zero-order valence-electron chi connectivity index (χ0n) is 10.4. The van der Waals surface area contributed by atoms with Gasteiger partial charge < -0.3 is 9.73 Å². The van der Waals surface area contributed by atoms with Crippen LogP contribution in [0, 0.1) is 0 Å². The molecule has 0 saturated carbocycles. The maximum atomic E-state index is 12.0. The van der Waals surface area contributed by atoms with Crippen LogP contribution in [0.1, 0.15) is 41.7 Å². The molecule has 1 amide bonds. The SMILES string of the molecule is CCC[C@@H](NC(=O)c1ccoc1)c1ccccc1. The summed E-state index contributed by atoms with van der Waals surface area (Å²) in [6.07, 6.45) is 4.91. The van der Waals surface area contributed by atoms with E-state index in [0.29, 0.717) is 5.56 Å². The molecule has 3 nitrogen and oxygen atoms in total. The summed E-state index contributed by atoms with van der Waals surface area (Å²) in [6.45, 7) is 2.11. The highest BCUT2D eigenvalue weighted by Crippen LogP contribution is 2.18. The van der Waals surface area contributed by atoms with Crippen molar-refractivity contribution in [1.82, 2.24) is 5.32 Å². The van der Waals surface area contributed by atoms with Crippen molar-refractivity contribution in [3.8, 4) is 0 Å². The van der Waals surface area contributed by atoms with Gasteiger partial charge in [0, 0.05) is 0 Å². The Bertz CT molecular complexity index is 476. The Morgan fingerprint density at radius 3 is 2.67 bits per heavy atom. The van der Waals surface area contributed by atoms with Gasteiger partial charge in [-0.05, 0) is 18.1 Å². The lowest BCUT2D eigenvalue weighted by Crippen LogP contribution is -2.28. The molecule has 2 aromatic rings. The van der Waals surface area contributed by atoms with Gasteiger partial charge in [0.1, 0.15) is 6.26 Å². The Kier molecular flexibility index (Phi) is 4.18. The normalized spacial score (nSPS) is 12.1. The van der Waals surface area contributed by atoms with Crippen LogP contribution in [-0.4, -0.2) is 5.91 Å². The van der Waals surface area contributed by atoms with E-state index in [4.69, 9.17) is 4.42 Å². The summed E-state index contributed by atoms with van der Waals surface area (Å²) in [6, 6.07) is 11.8. The second-order valence-electron chi connectivity index (χ2n) is 4.24. The van der Waals surface area contributed by atoms with Crippen molar-refractivity contribution in [2.24, 2.45) is 0 Å². The number of nitrogens with one attached hydrogen (secondary N) is 1. The number of hydrogen-bond donors (Lipinski definition) is 1.